The van der Waals surface area contributed by atoms with E-state index in [0.29, 0.717) is 13.0 Å². The third kappa shape index (κ3) is 2.10. The molecule has 0 N–H and O–H groups in total. The second-order valence-electron chi connectivity index (χ2n) is 4.61. The first-order valence-electron chi connectivity index (χ1n) is 6.54. The van der Waals surface area contributed by atoms with Gasteiger partial charge in [-0.25, -0.2) is 0 Å². The van der Waals surface area contributed by atoms with Crippen molar-refractivity contribution in [3.05, 3.63) is 36.2 Å². The highest BCUT2D eigenvalue weighted by Crippen LogP contribution is 2.30. The van der Waals surface area contributed by atoms with Crippen LogP contribution in [0, 0.1) is 0 Å². The van der Waals surface area contributed by atoms with Gasteiger partial charge in [0.05, 0.1) is 6.61 Å². The summed E-state index contributed by atoms with van der Waals surface area (Å²) in [6.45, 7) is 0.596. The van der Waals surface area contributed by atoms with E-state index in [0.717, 1.165) is 32.5 Å². The van der Waals surface area contributed by atoms with Gasteiger partial charge < -0.3 is 9.15 Å². The van der Waals surface area contributed by atoms with Gasteiger partial charge in [-0.2, -0.15) is 4.52 Å². The van der Waals surface area contributed by atoms with E-state index in [1.807, 2.05) is 30.3 Å². The summed E-state index contributed by atoms with van der Waals surface area (Å²) >= 11 is 1.46. The maximum atomic E-state index is 5.84. The van der Waals surface area contributed by atoms with Crippen LogP contribution in [-0.2, 0) is 11.2 Å². The molecule has 0 spiro atoms. The normalized spacial score (nSPS) is 11.7. The summed E-state index contributed by atoms with van der Waals surface area (Å²) in [6.07, 6.45) is 0.682. The largest absolute Gasteiger partial charge is 0.453 e. The Balaban J connectivity index is 1.77. The summed E-state index contributed by atoms with van der Waals surface area (Å²) in [4.78, 5) is 0.761. The van der Waals surface area contributed by atoms with Crippen LogP contribution in [0.15, 0.2) is 34.7 Å². The van der Waals surface area contributed by atoms with E-state index in [1.165, 1.54) is 11.3 Å². The standard InChI is InChI=1S/C14H12N4O2S/c1-19-7-6-12-15-16-14-18(12)17-13(21-14)11-8-9-4-2-3-5-10(9)20-11/h2-5,8H,6-7H2,1H3. The number of methoxy groups -OCH3 is 1. The van der Waals surface area contributed by atoms with E-state index >= 15 is 0 Å². The second-order valence-corrected chi connectivity index (χ2v) is 5.57. The number of benzene rings is 1. The molecule has 4 rings (SSSR count). The van der Waals surface area contributed by atoms with Gasteiger partial charge >= 0.3 is 0 Å². The Morgan fingerprint density at radius 3 is 3.05 bits per heavy atom. The van der Waals surface area contributed by atoms with Crippen molar-refractivity contribution in [2.75, 3.05) is 13.7 Å². The Kier molecular flexibility index (Phi) is 2.94. The van der Waals surface area contributed by atoms with Crippen LogP contribution in [0.2, 0.25) is 0 Å². The lowest BCUT2D eigenvalue weighted by Gasteiger charge is -1.94. The van der Waals surface area contributed by atoms with Gasteiger partial charge in [0.1, 0.15) is 5.58 Å². The maximum absolute atomic E-state index is 5.84. The van der Waals surface area contributed by atoms with Crippen LogP contribution < -0.4 is 0 Å². The first-order chi connectivity index (χ1) is 10.3. The lowest BCUT2D eigenvalue weighted by Crippen LogP contribution is -2.01. The van der Waals surface area contributed by atoms with E-state index in [-0.39, 0.29) is 0 Å². The molecule has 4 aromatic rings. The molecule has 0 fully saturated rings. The fourth-order valence-electron chi connectivity index (χ4n) is 2.19. The van der Waals surface area contributed by atoms with Crippen molar-refractivity contribution >= 4 is 27.3 Å². The molecular weight excluding hydrogens is 288 g/mol. The number of ether oxygens (including phenoxy) is 1. The van der Waals surface area contributed by atoms with Crippen molar-refractivity contribution in [2.45, 2.75) is 6.42 Å². The minimum Gasteiger partial charge on any atom is -0.453 e. The highest BCUT2D eigenvalue weighted by atomic mass is 32.1. The zero-order chi connectivity index (χ0) is 14.2. The Bertz CT molecular complexity index is 875. The lowest BCUT2D eigenvalue weighted by molar-refractivity contribution is 0.200. The molecule has 7 heteroatoms. The van der Waals surface area contributed by atoms with Crippen molar-refractivity contribution in [1.82, 2.24) is 19.8 Å². The smallest absolute Gasteiger partial charge is 0.235 e. The first-order valence-corrected chi connectivity index (χ1v) is 7.36. The monoisotopic (exact) mass is 300 g/mol. The zero-order valence-electron chi connectivity index (χ0n) is 11.3. The number of para-hydroxylation sites is 1. The third-order valence-electron chi connectivity index (χ3n) is 3.22. The molecule has 0 saturated heterocycles. The average molecular weight is 300 g/mol. The molecule has 0 bridgehead atoms. The number of hydrogen-bond donors (Lipinski definition) is 0. The SMILES string of the molecule is COCCc1nnc2sc(-c3cc4ccccc4o3)nn12. The van der Waals surface area contributed by atoms with Gasteiger partial charge in [-0.05, 0) is 12.1 Å². The molecular formula is C14H12N4O2S. The summed E-state index contributed by atoms with van der Waals surface area (Å²) < 4.78 is 12.7. The van der Waals surface area contributed by atoms with E-state index in [9.17, 15) is 0 Å². The Hall–Kier alpha value is -2.25. The maximum Gasteiger partial charge on any atom is 0.235 e. The van der Waals surface area contributed by atoms with Crippen LogP contribution in [0.3, 0.4) is 0 Å². The fourth-order valence-corrected chi connectivity index (χ4v) is 3.00. The molecule has 0 saturated carbocycles. The van der Waals surface area contributed by atoms with Gasteiger partial charge in [0.2, 0.25) is 4.96 Å². The Morgan fingerprint density at radius 2 is 2.19 bits per heavy atom. The lowest BCUT2D eigenvalue weighted by atomic mass is 10.2. The highest BCUT2D eigenvalue weighted by molar-refractivity contribution is 7.19. The summed E-state index contributed by atoms with van der Waals surface area (Å²) in [5, 5.41) is 14.7. The Labute approximate surface area is 124 Å². The number of nitrogens with zero attached hydrogens (tertiary/aromatic N) is 4. The van der Waals surface area contributed by atoms with Crippen molar-refractivity contribution < 1.29 is 9.15 Å². The average Bonchev–Trinajstić information content (AvgIpc) is 3.18. The predicted octanol–water partition coefficient (Wildman–Crippen LogP) is 2.79. The van der Waals surface area contributed by atoms with Crippen molar-refractivity contribution in [3.63, 3.8) is 0 Å². The number of fused-ring (bicyclic) bond motifs is 2. The highest BCUT2D eigenvalue weighted by Gasteiger charge is 2.15. The van der Waals surface area contributed by atoms with Crippen molar-refractivity contribution in [2.24, 2.45) is 0 Å². The predicted molar refractivity (Wildman–Crippen MR) is 79.4 cm³/mol. The molecule has 106 valence electrons. The molecule has 0 atom stereocenters. The van der Waals surface area contributed by atoms with Crippen LogP contribution >= 0.6 is 11.3 Å². The Morgan fingerprint density at radius 1 is 1.29 bits per heavy atom. The van der Waals surface area contributed by atoms with Crippen molar-refractivity contribution in [1.29, 1.82) is 0 Å². The minimum absolute atomic E-state index is 0.596. The van der Waals surface area contributed by atoms with Gasteiger partial charge in [0.15, 0.2) is 16.6 Å². The molecule has 1 aromatic carbocycles. The summed E-state index contributed by atoms with van der Waals surface area (Å²) in [5.74, 6) is 1.55. The number of aromatic nitrogens is 4. The van der Waals surface area contributed by atoms with E-state index in [4.69, 9.17) is 9.15 Å². The van der Waals surface area contributed by atoms with Crippen LogP contribution in [0.25, 0.3) is 26.7 Å². The minimum atomic E-state index is 0.596. The molecule has 0 aliphatic heterocycles. The number of furan rings is 1. The topological polar surface area (TPSA) is 65.5 Å². The molecule has 0 unspecified atom stereocenters. The van der Waals surface area contributed by atoms with Crippen LogP contribution in [0.5, 0.6) is 0 Å². The number of rotatable bonds is 4. The number of hydrogen-bond acceptors (Lipinski definition) is 6. The van der Waals surface area contributed by atoms with E-state index < -0.39 is 0 Å². The molecule has 0 aliphatic carbocycles. The molecule has 0 amide bonds. The van der Waals surface area contributed by atoms with Crippen LogP contribution in [0.1, 0.15) is 5.82 Å². The summed E-state index contributed by atoms with van der Waals surface area (Å²) in [6, 6.07) is 9.91. The van der Waals surface area contributed by atoms with Gasteiger partial charge in [-0.15, -0.1) is 15.3 Å². The van der Waals surface area contributed by atoms with Gasteiger partial charge in [-0.3, -0.25) is 0 Å². The molecule has 0 aliphatic rings. The zero-order valence-corrected chi connectivity index (χ0v) is 12.1. The molecule has 6 nitrogen and oxygen atoms in total. The van der Waals surface area contributed by atoms with Crippen molar-refractivity contribution in [3.8, 4) is 10.8 Å². The van der Waals surface area contributed by atoms with E-state index in [2.05, 4.69) is 15.3 Å². The van der Waals surface area contributed by atoms with Gasteiger partial charge in [-0.1, -0.05) is 29.5 Å². The second kappa shape index (κ2) is 4.94. The van der Waals surface area contributed by atoms with Crippen LogP contribution in [-0.4, -0.2) is 33.5 Å². The molecule has 3 aromatic heterocycles. The first kappa shape index (κ1) is 12.5. The quantitative estimate of drug-likeness (QED) is 0.580. The molecule has 0 radical (unpaired) electrons. The summed E-state index contributed by atoms with van der Waals surface area (Å²) in [7, 11) is 1.67. The third-order valence-corrected chi connectivity index (χ3v) is 4.13. The van der Waals surface area contributed by atoms with Gasteiger partial charge in [0.25, 0.3) is 0 Å². The molecule has 21 heavy (non-hydrogen) atoms. The molecule has 3 heterocycles. The van der Waals surface area contributed by atoms with Crippen LogP contribution in [0.4, 0.5) is 0 Å². The fraction of sp³-hybridized carbons (Fsp3) is 0.214. The summed E-state index contributed by atoms with van der Waals surface area (Å²) in [5.41, 5.74) is 0.859. The van der Waals surface area contributed by atoms with E-state index in [1.54, 1.807) is 11.6 Å². The van der Waals surface area contributed by atoms with Gasteiger partial charge in [0, 0.05) is 18.9 Å².